The number of nitrogens with zero attached hydrogens (tertiary/aromatic N) is 2. The van der Waals surface area contributed by atoms with Crippen LogP contribution in [0.1, 0.15) is 42.3 Å². The smallest absolute Gasteiger partial charge is 0.213 e. The van der Waals surface area contributed by atoms with Gasteiger partial charge >= 0.3 is 0 Å². The highest BCUT2D eigenvalue weighted by Crippen LogP contribution is 2.47. The number of benzene rings is 3. The van der Waals surface area contributed by atoms with Gasteiger partial charge in [0.15, 0.2) is 0 Å². The van der Waals surface area contributed by atoms with Gasteiger partial charge < -0.3 is 9.47 Å². The maximum atomic E-state index is 6.44. The summed E-state index contributed by atoms with van der Waals surface area (Å²) in [4.78, 5) is 0. The molecule has 0 bridgehead atoms. The molecule has 0 N–H and O–H groups in total. The fourth-order valence-corrected chi connectivity index (χ4v) is 4.51. The molecule has 2 heterocycles. The van der Waals surface area contributed by atoms with Gasteiger partial charge in [0.05, 0.1) is 23.4 Å². The summed E-state index contributed by atoms with van der Waals surface area (Å²) in [7, 11) is 0. The summed E-state index contributed by atoms with van der Waals surface area (Å²) < 4.78 is 13.0. The zero-order chi connectivity index (χ0) is 20.7. The van der Waals surface area contributed by atoms with Crippen molar-refractivity contribution in [2.75, 3.05) is 6.61 Å². The second-order valence-electron chi connectivity index (χ2n) is 7.28. The zero-order valence-electron chi connectivity index (χ0n) is 16.4. The third-order valence-corrected chi connectivity index (χ3v) is 6.24. The van der Waals surface area contributed by atoms with Crippen molar-refractivity contribution in [3.8, 4) is 11.5 Å². The van der Waals surface area contributed by atoms with Gasteiger partial charge in [-0.25, -0.2) is 5.01 Å². The number of hydrogen-bond donors (Lipinski definition) is 0. The van der Waals surface area contributed by atoms with Gasteiger partial charge in [0.1, 0.15) is 11.5 Å². The number of hydrogen-bond acceptors (Lipinski definition) is 4. The Morgan fingerprint density at radius 3 is 2.70 bits per heavy atom. The predicted molar refractivity (Wildman–Crippen MR) is 122 cm³/mol. The van der Waals surface area contributed by atoms with E-state index in [0.29, 0.717) is 17.4 Å². The van der Waals surface area contributed by atoms with Crippen molar-refractivity contribution in [2.24, 2.45) is 5.10 Å². The van der Waals surface area contributed by atoms with E-state index < -0.39 is 0 Å². The minimum atomic E-state index is -0.284. The number of hydrazone groups is 1. The summed E-state index contributed by atoms with van der Waals surface area (Å²) in [6.07, 6.45) is 0.506. The van der Waals surface area contributed by atoms with Crippen LogP contribution in [-0.4, -0.2) is 17.3 Å². The second-order valence-corrected chi connectivity index (χ2v) is 8.61. The average Bonchev–Trinajstić information content (AvgIpc) is 3.21. The number of halogens is 2. The van der Waals surface area contributed by atoms with Gasteiger partial charge in [0, 0.05) is 22.0 Å². The molecule has 6 heteroatoms. The Kier molecular flexibility index (Phi) is 5.17. The van der Waals surface area contributed by atoms with Crippen LogP contribution in [0.25, 0.3) is 0 Å². The third-order valence-electron chi connectivity index (χ3n) is 5.42. The molecule has 0 fully saturated rings. The monoisotopic (exact) mass is 482 g/mol. The first-order chi connectivity index (χ1) is 14.6. The van der Waals surface area contributed by atoms with E-state index in [-0.39, 0.29) is 12.3 Å². The third kappa shape index (κ3) is 3.46. The molecule has 0 aliphatic carbocycles. The van der Waals surface area contributed by atoms with Crippen molar-refractivity contribution >= 4 is 33.2 Å². The molecule has 2 aliphatic heterocycles. The van der Waals surface area contributed by atoms with E-state index in [9.17, 15) is 0 Å². The lowest BCUT2D eigenvalue weighted by Crippen LogP contribution is -2.33. The van der Waals surface area contributed by atoms with Crippen LogP contribution in [0, 0.1) is 0 Å². The molecule has 0 saturated carbocycles. The summed E-state index contributed by atoms with van der Waals surface area (Å²) in [5.41, 5.74) is 4.21. The first-order valence-corrected chi connectivity index (χ1v) is 11.1. The van der Waals surface area contributed by atoms with Crippen LogP contribution in [0.3, 0.4) is 0 Å². The summed E-state index contributed by atoms with van der Waals surface area (Å²) in [6.45, 7) is 2.53. The van der Waals surface area contributed by atoms with E-state index in [2.05, 4.69) is 39.1 Å². The fourth-order valence-electron chi connectivity index (χ4n) is 4.01. The molecule has 4 nitrogen and oxygen atoms in total. The van der Waals surface area contributed by atoms with Crippen LogP contribution in [0.15, 0.2) is 76.3 Å². The molecule has 0 unspecified atom stereocenters. The molecule has 30 heavy (non-hydrogen) atoms. The first kappa shape index (κ1) is 19.5. The SMILES string of the molecule is CCOc1ccc(C2=NN3[C@@H](c4ccc(Br)cc4)Oc4ccccc4[C@@H]3C2)cc1Cl. The van der Waals surface area contributed by atoms with Crippen molar-refractivity contribution in [3.63, 3.8) is 0 Å². The van der Waals surface area contributed by atoms with E-state index in [1.54, 1.807) is 0 Å². The Bertz CT molecular complexity index is 1120. The lowest BCUT2D eigenvalue weighted by molar-refractivity contribution is -0.0190. The van der Waals surface area contributed by atoms with Crippen molar-refractivity contribution in [1.29, 1.82) is 0 Å². The minimum Gasteiger partial charge on any atom is -0.492 e. The van der Waals surface area contributed by atoms with Gasteiger partial charge in [-0.05, 0) is 48.9 Å². The van der Waals surface area contributed by atoms with Gasteiger partial charge in [-0.3, -0.25) is 0 Å². The maximum Gasteiger partial charge on any atom is 0.213 e. The normalized spacial score (nSPS) is 19.6. The van der Waals surface area contributed by atoms with Gasteiger partial charge in [0.25, 0.3) is 0 Å². The van der Waals surface area contributed by atoms with E-state index in [1.807, 2.05) is 55.5 Å². The molecule has 2 atom stereocenters. The Hall–Kier alpha value is -2.50. The van der Waals surface area contributed by atoms with Gasteiger partial charge in [-0.1, -0.05) is 57.9 Å². The van der Waals surface area contributed by atoms with Gasteiger partial charge in [0.2, 0.25) is 6.23 Å². The lowest BCUT2D eigenvalue weighted by Gasteiger charge is -2.38. The minimum absolute atomic E-state index is 0.115. The molecule has 2 aliphatic rings. The Morgan fingerprint density at radius 1 is 1.13 bits per heavy atom. The maximum absolute atomic E-state index is 6.44. The summed E-state index contributed by atoms with van der Waals surface area (Å²) in [6, 6.07) is 22.4. The molecule has 3 aromatic rings. The van der Waals surface area contributed by atoms with Crippen LogP contribution >= 0.6 is 27.5 Å². The number of para-hydroxylation sites is 1. The Balaban J connectivity index is 1.54. The molecule has 3 aromatic carbocycles. The van der Waals surface area contributed by atoms with E-state index in [0.717, 1.165) is 39.0 Å². The molecular weight excluding hydrogens is 464 g/mol. The predicted octanol–water partition coefficient (Wildman–Crippen LogP) is 6.74. The number of fused-ring (bicyclic) bond motifs is 3. The van der Waals surface area contributed by atoms with E-state index >= 15 is 0 Å². The molecular formula is C24H20BrClN2O2. The lowest BCUT2D eigenvalue weighted by atomic mass is 9.96. The average molecular weight is 484 g/mol. The molecule has 0 spiro atoms. The molecule has 0 amide bonds. The number of rotatable bonds is 4. The van der Waals surface area contributed by atoms with Crippen LogP contribution in [0.2, 0.25) is 5.02 Å². The van der Waals surface area contributed by atoms with Crippen LogP contribution in [-0.2, 0) is 0 Å². The molecule has 0 radical (unpaired) electrons. The highest BCUT2D eigenvalue weighted by atomic mass is 79.9. The van der Waals surface area contributed by atoms with E-state index in [1.165, 1.54) is 0 Å². The van der Waals surface area contributed by atoms with Crippen molar-refractivity contribution in [3.05, 3.63) is 92.9 Å². The quantitative estimate of drug-likeness (QED) is 0.412. The van der Waals surface area contributed by atoms with Crippen LogP contribution in [0.4, 0.5) is 0 Å². The first-order valence-electron chi connectivity index (χ1n) is 9.93. The van der Waals surface area contributed by atoms with Crippen molar-refractivity contribution < 1.29 is 9.47 Å². The summed E-state index contributed by atoms with van der Waals surface area (Å²) in [5, 5.41) is 7.66. The molecule has 5 rings (SSSR count). The molecule has 0 aromatic heterocycles. The number of ether oxygens (including phenoxy) is 2. The van der Waals surface area contributed by atoms with Crippen LogP contribution < -0.4 is 9.47 Å². The zero-order valence-corrected chi connectivity index (χ0v) is 18.7. The van der Waals surface area contributed by atoms with Crippen LogP contribution in [0.5, 0.6) is 11.5 Å². The molecule has 0 saturated heterocycles. The largest absolute Gasteiger partial charge is 0.492 e. The van der Waals surface area contributed by atoms with E-state index in [4.69, 9.17) is 26.2 Å². The van der Waals surface area contributed by atoms with Crippen molar-refractivity contribution in [1.82, 2.24) is 5.01 Å². The Morgan fingerprint density at radius 2 is 1.93 bits per heavy atom. The standard InChI is InChI=1S/C24H20BrClN2O2/c1-2-29-23-12-9-16(13-19(23)26)20-14-21-18-5-3-4-6-22(18)30-24(28(21)27-20)15-7-10-17(25)11-8-15/h3-13,21,24H,2,14H2,1H3/t21-,24+/m0/s1. The fraction of sp³-hybridized carbons (Fsp3) is 0.208. The topological polar surface area (TPSA) is 34.1 Å². The second kappa shape index (κ2) is 7.97. The van der Waals surface area contributed by atoms with Crippen molar-refractivity contribution in [2.45, 2.75) is 25.6 Å². The highest BCUT2D eigenvalue weighted by Gasteiger charge is 2.40. The van der Waals surface area contributed by atoms with Gasteiger partial charge in [-0.15, -0.1) is 0 Å². The summed E-state index contributed by atoms with van der Waals surface area (Å²) >= 11 is 9.95. The highest BCUT2D eigenvalue weighted by molar-refractivity contribution is 9.10. The Labute approximate surface area is 189 Å². The molecule has 152 valence electrons. The van der Waals surface area contributed by atoms with Gasteiger partial charge in [-0.2, -0.15) is 5.10 Å². The summed E-state index contributed by atoms with van der Waals surface area (Å²) in [5.74, 6) is 1.61.